The summed E-state index contributed by atoms with van der Waals surface area (Å²) in [5, 5.41) is 0.142. The Hall–Kier alpha value is -1.95. The Morgan fingerprint density at radius 3 is 2.40 bits per heavy atom. The molecule has 0 atom stereocenters. The molecule has 2 nitrogen and oxygen atoms in total. The van der Waals surface area contributed by atoms with Gasteiger partial charge in [-0.05, 0) is 30.3 Å². The molecule has 7 heteroatoms. The Labute approximate surface area is 116 Å². The number of hydrogen-bond acceptors (Lipinski definition) is 2. The Bertz CT molecular complexity index is 623. The molecule has 0 aliphatic carbocycles. The second kappa shape index (κ2) is 5.20. The molecule has 0 aliphatic rings. The van der Waals surface area contributed by atoms with Gasteiger partial charge >= 0.3 is 6.18 Å². The highest BCUT2D eigenvalue weighted by molar-refractivity contribution is 6.32. The first-order valence-corrected chi connectivity index (χ1v) is 5.75. The molecular weight excluding hydrogens is 298 g/mol. The first-order valence-electron chi connectivity index (χ1n) is 5.37. The predicted octanol–water partition coefficient (Wildman–Crippen LogP) is 4.87. The molecule has 0 amide bonds. The number of para-hydroxylation sites is 1. The molecule has 0 saturated heterocycles. The van der Waals surface area contributed by atoms with Gasteiger partial charge in [-0.3, -0.25) is 0 Å². The summed E-state index contributed by atoms with van der Waals surface area (Å²) in [6.45, 7) is 0. The zero-order chi connectivity index (χ0) is 14.9. The van der Waals surface area contributed by atoms with E-state index in [2.05, 4.69) is 0 Å². The van der Waals surface area contributed by atoms with Crippen LogP contribution in [0.1, 0.15) is 5.56 Å². The largest absolute Gasteiger partial charge is 0.454 e. The highest BCUT2D eigenvalue weighted by atomic mass is 35.5. The van der Waals surface area contributed by atoms with Gasteiger partial charge in [0.25, 0.3) is 0 Å². The van der Waals surface area contributed by atoms with Crippen LogP contribution in [-0.4, -0.2) is 0 Å². The number of rotatable bonds is 2. The number of anilines is 1. The summed E-state index contributed by atoms with van der Waals surface area (Å²) in [6, 6.07) is 6.81. The summed E-state index contributed by atoms with van der Waals surface area (Å²) in [6.07, 6.45) is -4.81. The van der Waals surface area contributed by atoms with Crippen molar-refractivity contribution < 1.29 is 22.3 Å². The van der Waals surface area contributed by atoms with Gasteiger partial charge in [0, 0.05) is 0 Å². The second-order valence-electron chi connectivity index (χ2n) is 3.90. The first-order chi connectivity index (χ1) is 9.29. The third-order valence-corrected chi connectivity index (χ3v) is 2.76. The van der Waals surface area contributed by atoms with Crippen molar-refractivity contribution in [2.24, 2.45) is 0 Å². The molecule has 0 radical (unpaired) electrons. The minimum absolute atomic E-state index is 0.0221. The molecule has 0 fully saturated rings. The molecule has 106 valence electrons. The molecule has 20 heavy (non-hydrogen) atoms. The van der Waals surface area contributed by atoms with Crippen LogP contribution in [0.25, 0.3) is 0 Å². The fourth-order valence-electron chi connectivity index (χ4n) is 1.54. The molecule has 2 aromatic carbocycles. The normalized spacial score (nSPS) is 11.4. The van der Waals surface area contributed by atoms with Crippen LogP contribution >= 0.6 is 11.6 Å². The van der Waals surface area contributed by atoms with Gasteiger partial charge in [-0.25, -0.2) is 4.39 Å². The molecule has 0 bridgehead atoms. The Kier molecular flexibility index (Phi) is 3.76. The van der Waals surface area contributed by atoms with E-state index in [1.165, 1.54) is 12.1 Å². The number of halogens is 5. The number of alkyl halides is 3. The van der Waals surface area contributed by atoms with Crippen molar-refractivity contribution in [2.75, 3.05) is 5.73 Å². The van der Waals surface area contributed by atoms with Crippen LogP contribution in [0.15, 0.2) is 36.4 Å². The Morgan fingerprint density at radius 2 is 1.80 bits per heavy atom. The van der Waals surface area contributed by atoms with Gasteiger partial charge < -0.3 is 10.5 Å². The van der Waals surface area contributed by atoms with Gasteiger partial charge in [0.1, 0.15) is 11.6 Å². The van der Waals surface area contributed by atoms with Gasteiger partial charge in [-0.1, -0.05) is 17.7 Å². The summed E-state index contributed by atoms with van der Waals surface area (Å²) in [5.74, 6) is -1.57. The van der Waals surface area contributed by atoms with Crippen molar-refractivity contribution in [1.29, 1.82) is 0 Å². The maximum Gasteiger partial charge on any atom is 0.419 e. The average Bonchev–Trinajstić information content (AvgIpc) is 2.34. The molecule has 0 heterocycles. The topological polar surface area (TPSA) is 35.2 Å². The van der Waals surface area contributed by atoms with Crippen LogP contribution in [0, 0.1) is 5.82 Å². The number of hydrogen-bond donors (Lipinski definition) is 1. The van der Waals surface area contributed by atoms with E-state index in [1.807, 2.05) is 0 Å². The van der Waals surface area contributed by atoms with Crippen LogP contribution in [0.3, 0.4) is 0 Å². The number of ether oxygens (including phenoxy) is 1. The summed E-state index contributed by atoms with van der Waals surface area (Å²) in [5.41, 5.74) is 4.36. The number of benzene rings is 2. The maximum atomic E-state index is 13.1. The van der Waals surface area contributed by atoms with Crippen LogP contribution in [0.2, 0.25) is 5.02 Å². The van der Waals surface area contributed by atoms with Crippen molar-refractivity contribution in [2.45, 2.75) is 6.18 Å². The van der Waals surface area contributed by atoms with Gasteiger partial charge in [-0.15, -0.1) is 0 Å². The predicted molar refractivity (Wildman–Crippen MR) is 67.3 cm³/mol. The van der Waals surface area contributed by atoms with E-state index in [0.29, 0.717) is 12.1 Å². The number of nitrogen functional groups attached to an aromatic ring is 1. The van der Waals surface area contributed by atoms with Gasteiger partial charge in [0.05, 0.1) is 16.3 Å². The summed E-state index contributed by atoms with van der Waals surface area (Å²) in [7, 11) is 0. The lowest BCUT2D eigenvalue weighted by atomic mass is 10.2. The average molecular weight is 306 g/mol. The molecule has 0 aromatic heterocycles. The molecule has 0 spiro atoms. The van der Waals surface area contributed by atoms with E-state index >= 15 is 0 Å². The summed E-state index contributed by atoms with van der Waals surface area (Å²) >= 11 is 5.84. The van der Waals surface area contributed by atoms with Gasteiger partial charge in [-0.2, -0.15) is 13.2 Å². The van der Waals surface area contributed by atoms with Crippen molar-refractivity contribution >= 4 is 17.3 Å². The molecule has 0 unspecified atom stereocenters. The minimum atomic E-state index is -4.81. The van der Waals surface area contributed by atoms with Crippen molar-refractivity contribution in [3.05, 3.63) is 52.8 Å². The van der Waals surface area contributed by atoms with Crippen LogP contribution in [0.5, 0.6) is 11.5 Å². The highest BCUT2D eigenvalue weighted by Gasteiger charge is 2.34. The Morgan fingerprint density at radius 1 is 1.10 bits per heavy atom. The lowest BCUT2D eigenvalue weighted by molar-refractivity contribution is -0.140. The third-order valence-electron chi connectivity index (χ3n) is 2.46. The minimum Gasteiger partial charge on any atom is -0.454 e. The fourth-order valence-corrected chi connectivity index (χ4v) is 1.76. The zero-order valence-corrected chi connectivity index (χ0v) is 10.6. The maximum absolute atomic E-state index is 13.1. The zero-order valence-electron chi connectivity index (χ0n) is 9.84. The van der Waals surface area contributed by atoms with E-state index in [0.717, 1.165) is 6.07 Å². The smallest absolute Gasteiger partial charge is 0.419 e. The van der Waals surface area contributed by atoms with Crippen molar-refractivity contribution in [1.82, 2.24) is 0 Å². The third kappa shape index (κ3) is 2.96. The monoisotopic (exact) mass is 305 g/mol. The van der Waals surface area contributed by atoms with E-state index in [-0.39, 0.29) is 22.2 Å². The lowest BCUT2D eigenvalue weighted by Crippen LogP contribution is -2.08. The Balaban J connectivity index is 2.40. The molecule has 0 aliphatic heterocycles. The molecule has 2 aromatic rings. The van der Waals surface area contributed by atoms with Crippen molar-refractivity contribution in [3.63, 3.8) is 0 Å². The van der Waals surface area contributed by atoms with Crippen LogP contribution in [-0.2, 0) is 6.18 Å². The lowest BCUT2D eigenvalue weighted by Gasteiger charge is -2.13. The summed E-state index contributed by atoms with van der Waals surface area (Å²) in [4.78, 5) is 0. The fraction of sp³-hybridized carbons (Fsp3) is 0.0769. The molecule has 0 saturated carbocycles. The van der Waals surface area contributed by atoms with Gasteiger partial charge in [0.2, 0.25) is 0 Å². The first kappa shape index (κ1) is 14.5. The quantitative estimate of drug-likeness (QED) is 0.634. The van der Waals surface area contributed by atoms with E-state index < -0.39 is 17.6 Å². The van der Waals surface area contributed by atoms with E-state index in [1.54, 1.807) is 6.07 Å². The highest BCUT2D eigenvalue weighted by Crippen LogP contribution is 2.38. The molecule has 2 N–H and O–H groups in total. The standard InChI is InChI=1S/C13H8ClF4NO/c14-9-2-1-3-11(19)12(9)20-7-4-5-10(15)8(6-7)13(16,17)18/h1-6H,19H2. The van der Waals surface area contributed by atoms with E-state index in [4.69, 9.17) is 22.1 Å². The molecular formula is C13H8ClF4NO. The number of nitrogens with two attached hydrogens (primary N) is 1. The van der Waals surface area contributed by atoms with Crippen LogP contribution in [0.4, 0.5) is 23.2 Å². The van der Waals surface area contributed by atoms with Gasteiger partial charge in [0.15, 0.2) is 5.75 Å². The van der Waals surface area contributed by atoms with Crippen molar-refractivity contribution in [3.8, 4) is 11.5 Å². The van der Waals surface area contributed by atoms with Crippen LogP contribution < -0.4 is 10.5 Å². The summed E-state index contributed by atoms with van der Waals surface area (Å²) < 4.78 is 56.1. The molecule has 2 rings (SSSR count). The SMILES string of the molecule is Nc1cccc(Cl)c1Oc1ccc(F)c(C(F)(F)F)c1. The second-order valence-corrected chi connectivity index (χ2v) is 4.31. The van der Waals surface area contributed by atoms with E-state index in [9.17, 15) is 17.6 Å².